The van der Waals surface area contributed by atoms with E-state index in [1.807, 2.05) is 0 Å². The fraction of sp³-hybridized carbons (Fsp3) is 0.143. The van der Waals surface area contributed by atoms with Crippen molar-refractivity contribution in [3.63, 3.8) is 0 Å². The molecule has 4 nitrogen and oxygen atoms in total. The van der Waals surface area contributed by atoms with E-state index in [1.165, 1.54) is 6.26 Å². The molecular weight excluding hydrogens is 146 g/mol. The number of hydrogen-bond donors (Lipinski definition) is 1. The first-order chi connectivity index (χ1) is 5.33. The third-order valence-electron chi connectivity index (χ3n) is 1.12. The van der Waals surface area contributed by atoms with Gasteiger partial charge in [-0.3, -0.25) is 9.59 Å². The van der Waals surface area contributed by atoms with Crippen LogP contribution in [0.25, 0.3) is 0 Å². The number of aldehydes is 1. The van der Waals surface area contributed by atoms with Crippen molar-refractivity contribution in [1.29, 1.82) is 0 Å². The minimum absolute atomic E-state index is 0.225. The zero-order chi connectivity index (χ0) is 8.10. The fourth-order valence-corrected chi connectivity index (χ4v) is 0.629. The summed E-state index contributed by atoms with van der Waals surface area (Å²) in [6.07, 6.45) is 1.73. The third-order valence-corrected chi connectivity index (χ3v) is 1.12. The highest BCUT2D eigenvalue weighted by atomic mass is 16.3. The molecule has 0 unspecified atom stereocenters. The zero-order valence-electron chi connectivity index (χ0n) is 5.74. The van der Waals surface area contributed by atoms with Gasteiger partial charge >= 0.3 is 0 Å². The quantitative estimate of drug-likeness (QED) is 0.494. The molecule has 0 radical (unpaired) electrons. The summed E-state index contributed by atoms with van der Waals surface area (Å²) in [6.45, 7) is 0.255. The molecule has 1 rings (SSSR count). The second-order valence-corrected chi connectivity index (χ2v) is 1.92. The van der Waals surface area contributed by atoms with Crippen molar-refractivity contribution >= 4 is 12.2 Å². The Bertz CT molecular complexity index is 240. The molecule has 0 bridgehead atoms. The van der Waals surface area contributed by atoms with Crippen molar-refractivity contribution in [3.8, 4) is 0 Å². The molecule has 0 spiro atoms. The second-order valence-electron chi connectivity index (χ2n) is 1.92. The standard InChI is InChI=1S/C7H7NO3/c9-5-7(10)8-4-6-2-1-3-11-6/h1-3,5H,4H2,(H,8,10). The average Bonchev–Trinajstić information content (AvgIpc) is 2.52. The van der Waals surface area contributed by atoms with Gasteiger partial charge in [-0.2, -0.15) is 0 Å². The van der Waals surface area contributed by atoms with Crippen molar-refractivity contribution in [2.75, 3.05) is 0 Å². The lowest BCUT2D eigenvalue weighted by molar-refractivity contribution is -0.131. The average molecular weight is 153 g/mol. The Hall–Kier alpha value is -1.58. The van der Waals surface area contributed by atoms with Gasteiger partial charge in [0.15, 0.2) is 0 Å². The third kappa shape index (κ3) is 2.25. The van der Waals surface area contributed by atoms with Crippen LogP contribution in [0.1, 0.15) is 5.76 Å². The zero-order valence-corrected chi connectivity index (χ0v) is 5.74. The van der Waals surface area contributed by atoms with Gasteiger partial charge in [0, 0.05) is 0 Å². The van der Waals surface area contributed by atoms with Crippen LogP contribution in [0.4, 0.5) is 0 Å². The molecule has 1 aromatic heterocycles. The van der Waals surface area contributed by atoms with Gasteiger partial charge in [-0.25, -0.2) is 0 Å². The molecule has 1 heterocycles. The first-order valence-corrected chi connectivity index (χ1v) is 3.08. The summed E-state index contributed by atoms with van der Waals surface area (Å²) < 4.78 is 4.90. The van der Waals surface area contributed by atoms with Gasteiger partial charge in [-0.15, -0.1) is 0 Å². The summed E-state index contributed by atoms with van der Waals surface area (Å²) in [4.78, 5) is 20.2. The predicted octanol–water partition coefficient (Wildman–Crippen LogP) is 0.0947. The summed E-state index contributed by atoms with van der Waals surface area (Å²) in [5, 5.41) is 2.33. The summed E-state index contributed by atoms with van der Waals surface area (Å²) in [5.41, 5.74) is 0. The van der Waals surface area contributed by atoms with E-state index in [0.717, 1.165) is 0 Å². The molecule has 0 atom stereocenters. The Labute approximate surface area is 63.2 Å². The number of amides is 1. The number of carbonyl (C=O) groups is 2. The van der Waals surface area contributed by atoms with E-state index in [2.05, 4.69) is 5.32 Å². The largest absolute Gasteiger partial charge is 0.467 e. The number of carbonyl (C=O) groups excluding carboxylic acids is 2. The minimum atomic E-state index is -0.638. The van der Waals surface area contributed by atoms with Gasteiger partial charge in [0.05, 0.1) is 12.8 Å². The first kappa shape index (κ1) is 7.53. The maximum absolute atomic E-state index is 10.4. The van der Waals surface area contributed by atoms with Crippen molar-refractivity contribution in [2.24, 2.45) is 0 Å². The van der Waals surface area contributed by atoms with E-state index in [-0.39, 0.29) is 12.8 Å². The summed E-state index contributed by atoms with van der Waals surface area (Å²) in [7, 11) is 0. The van der Waals surface area contributed by atoms with Crippen LogP contribution in [-0.4, -0.2) is 12.2 Å². The van der Waals surface area contributed by atoms with Crippen molar-refractivity contribution in [2.45, 2.75) is 6.54 Å². The summed E-state index contributed by atoms with van der Waals surface area (Å²) in [5.74, 6) is -0.0124. The predicted molar refractivity (Wildman–Crippen MR) is 36.6 cm³/mol. The highest BCUT2D eigenvalue weighted by Crippen LogP contribution is 1.97. The van der Waals surface area contributed by atoms with E-state index in [1.54, 1.807) is 12.1 Å². The van der Waals surface area contributed by atoms with Crippen LogP contribution in [0, 0.1) is 0 Å². The minimum Gasteiger partial charge on any atom is -0.467 e. The van der Waals surface area contributed by atoms with E-state index in [9.17, 15) is 9.59 Å². The molecule has 0 aliphatic rings. The van der Waals surface area contributed by atoms with Crippen molar-refractivity contribution in [1.82, 2.24) is 5.32 Å². The highest BCUT2D eigenvalue weighted by molar-refractivity contribution is 6.23. The SMILES string of the molecule is O=CC(=O)NCc1ccco1. The van der Waals surface area contributed by atoms with Gasteiger partial charge in [0.2, 0.25) is 6.29 Å². The Balaban J connectivity index is 2.34. The molecule has 0 aliphatic heterocycles. The van der Waals surface area contributed by atoms with Gasteiger partial charge in [-0.05, 0) is 12.1 Å². The smallest absolute Gasteiger partial charge is 0.284 e. The topological polar surface area (TPSA) is 59.3 Å². The monoisotopic (exact) mass is 153 g/mol. The van der Waals surface area contributed by atoms with Crippen molar-refractivity contribution in [3.05, 3.63) is 24.2 Å². The van der Waals surface area contributed by atoms with Crippen LogP contribution < -0.4 is 5.32 Å². The molecule has 1 aromatic rings. The fourth-order valence-electron chi connectivity index (χ4n) is 0.629. The molecule has 0 fully saturated rings. The first-order valence-electron chi connectivity index (χ1n) is 3.08. The van der Waals surface area contributed by atoms with E-state index in [0.29, 0.717) is 5.76 Å². The van der Waals surface area contributed by atoms with Crippen LogP contribution >= 0.6 is 0 Å². The van der Waals surface area contributed by atoms with E-state index >= 15 is 0 Å². The summed E-state index contributed by atoms with van der Waals surface area (Å²) in [6, 6.07) is 3.42. The van der Waals surface area contributed by atoms with Crippen LogP contribution in [0.2, 0.25) is 0 Å². The highest BCUT2D eigenvalue weighted by Gasteiger charge is 1.98. The molecule has 0 saturated heterocycles. The van der Waals surface area contributed by atoms with Gasteiger partial charge < -0.3 is 9.73 Å². The lowest BCUT2D eigenvalue weighted by atomic mass is 10.4. The second kappa shape index (κ2) is 3.55. The Morgan fingerprint density at radius 3 is 3.09 bits per heavy atom. The number of hydrogen-bond acceptors (Lipinski definition) is 3. The maximum atomic E-state index is 10.4. The van der Waals surface area contributed by atoms with Gasteiger partial charge in [-0.1, -0.05) is 0 Å². The number of rotatable bonds is 3. The van der Waals surface area contributed by atoms with E-state index < -0.39 is 5.91 Å². The Kier molecular flexibility index (Phi) is 2.43. The lowest BCUT2D eigenvalue weighted by Crippen LogP contribution is -2.23. The lowest BCUT2D eigenvalue weighted by Gasteiger charge is -1.94. The number of nitrogens with one attached hydrogen (secondary N) is 1. The van der Waals surface area contributed by atoms with E-state index in [4.69, 9.17) is 4.42 Å². The van der Waals surface area contributed by atoms with Gasteiger partial charge in [0.25, 0.3) is 5.91 Å². The van der Waals surface area contributed by atoms with Crippen LogP contribution in [0.15, 0.2) is 22.8 Å². The molecule has 0 aliphatic carbocycles. The Morgan fingerprint density at radius 1 is 1.73 bits per heavy atom. The molecular formula is C7H7NO3. The Morgan fingerprint density at radius 2 is 2.55 bits per heavy atom. The van der Waals surface area contributed by atoms with Crippen LogP contribution in [0.5, 0.6) is 0 Å². The van der Waals surface area contributed by atoms with Crippen LogP contribution in [0.3, 0.4) is 0 Å². The molecule has 4 heteroatoms. The molecule has 1 amide bonds. The molecule has 11 heavy (non-hydrogen) atoms. The maximum Gasteiger partial charge on any atom is 0.284 e. The van der Waals surface area contributed by atoms with Crippen LogP contribution in [-0.2, 0) is 16.1 Å². The number of furan rings is 1. The summed E-state index contributed by atoms with van der Waals surface area (Å²) >= 11 is 0. The molecule has 1 N–H and O–H groups in total. The normalized spacial score (nSPS) is 9.09. The van der Waals surface area contributed by atoms with Gasteiger partial charge in [0.1, 0.15) is 5.76 Å². The molecule has 0 saturated carbocycles. The van der Waals surface area contributed by atoms with Crippen molar-refractivity contribution < 1.29 is 14.0 Å². The molecule has 58 valence electrons. The molecule has 0 aromatic carbocycles.